The van der Waals surface area contributed by atoms with Gasteiger partial charge in [0.15, 0.2) is 11.6 Å². The molecule has 6 heteroatoms. The average Bonchev–Trinajstić information content (AvgIpc) is 4.06. The SMILES string of the molecule is c1ccc(-c2ccc(-c3nc(-c4ccccc4)nc(-n4c5c(-n6c7ccccc7c7ccccc76)cccc5c5c(-n6c7ccccc7c7ccccc76)cc6ccccc6c54)n3)cc2)cc1. The summed E-state index contributed by atoms with van der Waals surface area (Å²) in [5.74, 6) is 1.73. The van der Waals surface area contributed by atoms with Crippen LogP contribution in [0.1, 0.15) is 0 Å². The molecule has 0 spiro atoms. The van der Waals surface area contributed by atoms with Crippen LogP contribution in [0.5, 0.6) is 0 Å². The van der Waals surface area contributed by atoms with Crippen molar-refractivity contribution in [3.05, 3.63) is 231 Å². The molecule has 0 aliphatic rings. The summed E-state index contributed by atoms with van der Waals surface area (Å²) < 4.78 is 7.21. The van der Waals surface area contributed by atoms with E-state index in [1.54, 1.807) is 0 Å². The van der Waals surface area contributed by atoms with Gasteiger partial charge in [-0.3, -0.25) is 4.57 Å². The topological polar surface area (TPSA) is 53.5 Å². The Morgan fingerprint density at radius 3 is 1.25 bits per heavy atom. The lowest BCUT2D eigenvalue weighted by molar-refractivity contribution is 0.951. The number of hydrogen-bond acceptors (Lipinski definition) is 3. The van der Waals surface area contributed by atoms with Crippen molar-refractivity contribution in [3.8, 4) is 51.2 Å². The van der Waals surface area contributed by atoms with Crippen molar-refractivity contribution >= 4 is 76.2 Å². The fourth-order valence-corrected chi connectivity index (χ4v) is 10.6. The van der Waals surface area contributed by atoms with E-state index in [2.05, 4.69) is 220 Å². The van der Waals surface area contributed by atoms with E-state index < -0.39 is 0 Å². The fraction of sp³-hybridized carbons (Fsp3) is 0. The summed E-state index contributed by atoms with van der Waals surface area (Å²) in [6.45, 7) is 0. The average molecular weight is 855 g/mol. The van der Waals surface area contributed by atoms with Gasteiger partial charge in [-0.1, -0.05) is 194 Å². The number of rotatable bonds is 6. The van der Waals surface area contributed by atoms with Gasteiger partial charge in [-0.25, -0.2) is 4.98 Å². The monoisotopic (exact) mass is 854 g/mol. The third-order valence-corrected chi connectivity index (χ3v) is 13.5. The van der Waals surface area contributed by atoms with Crippen molar-refractivity contribution in [1.29, 1.82) is 0 Å². The maximum atomic E-state index is 5.55. The summed E-state index contributed by atoms with van der Waals surface area (Å²) in [6, 6.07) is 82.1. The zero-order valence-corrected chi connectivity index (χ0v) is 36.1. The first-order valence-electron chi connectivity index (χ1n) is 22.7. The van der Waals surface area contributed by atoms with Crippen LogP contribution >= 0.6 is 0 Å². The van der Waals surface area contributed by atoms with Gasteiger partial charge in [0.25, 0.3) is 0 Å². The van der Waals surface area contributed by atoms with E-state index in [4.69, 9.17) is 15.0 Å². The minimum Gasteiger partial charge on any atom is -0.309 e. The van der Waals surface area contributed by atoms with Crippen LogP contribution < -0.4 is 0 Å². The Bertz CT molecular complexity index is 4150. The lowest BCUT2D eigenvalue weighted by Gasteiger charge is -2.16. The van der Waals surface area contributed by atoms with Crippen LogP contribution in [-0.4, -0.2) is 28.7 Å². The van der Waals surface area contributed by atoms with Crippen molar-refractivity contribution in [2.24, 2.45) is 0 Å². The lowest BCUT2D eigenvalue weighted by atomic mass is 10.0. The molecule has 0 aliphatic heterocycles. The van der Waals surface area contributed by atoms with E-state index in [0.717, 1.165) is 88.3 Å². The Hall–Kier alpha value is -9.13. The van der Waals surface area contributed by atoms with E-state index in [1.165, 1.54) is 21.5 Å². The van der Waals surface area contributed by atoms with Crippen LogP contribution in [-0.2, 0) is 0 Å². The van der Waals surface area contributed by atoms with Crippen LogP contribution in [0.4, 0.5) is 0 Å². The molecule has 0 atom stereocenters. The van der Waals surface area contributed by atoms with E-state index in [9.17, 15) is 0 Å². The molecular weight excluding hydrogens is 817 g/mol. The number of fused-ring (bicyclic) bond motifs is 11. The molecule has 312 valence electrons. The fourth-order valence-electron chi connectivity index (χ4n) is 10.6. The van der Waals surface area contributed by atoms with Crippen molar-refractivity contribution in [2.75, 3.05) is 0 Å². The van der Waals surface area contributed by atoms with Gasteiger partial charge in [0.2, 0.25) is 5.95 Å². The maximum absolute atomic E-state index is 5.55. The molecule has 67 heavy (non-hydrogen) atoms. The summed E-state index contributed by atoms with van der Waals surface area (Å²) in [6.07, 6.45) is 0. The van der Waals surface area contributed by atoms with Gasteiger partial charge in [-0.05, 0) is 52.9 Å². The number of nitrogens with zero attached hydrogens (tertiary/aromatic N) is 6. The Labute approximate surface area is 384 Å². The first kappa shape index (κ1) is 37.3. The highest BCUT2D eigenvalue weighted by Crippen LogP contribution is 2.46. The minimum atomic E-state index is 0.536. The third-order valence-electron chi connectivity index (χ3n) is 13.5. The second-order valence-electron chi connectivity index (χ2n) is 17.2. The quantitative estimate of drug-likeness (QED) is 0.167. The molecule has 0 N–H and O–H groups in total. The number of benzene rings is 10. The van der Waals surface area contributed by atoms with Crippen LogP contribution in [0, 0.1) is 0 Å². The molecule has 4 aromatic heterocycles. The second kappa shape index (κ2) is 14.7. The van der Waals surface area contributed by atoms with E-state index in [-0.39, 0.29) is 0 Å². The summed E-state index contributed by atoms with van der Waals surface area (Å²) >= 11 is 0. The van der Waals surface area contributed by atoms with Gasteiger partial charge in [0.1, 0.15) is 0 Å². The molecule has 0 unspecified atom stereocenters. The van der Waals surface area contributed by atoms with Gasteiger partial charge < -0.3 is 9.13 Å². The van der Waals surface area contributed by atoms with Gasteiger partial charge >= 0.3 is 0 Å². The van der Waals surface area contributed by atoms with Crippen molar-refractivity contribution < 1.29 is 0 Å². The minimum absolute atomic E-state index is 0.536. The molecule has 0 aliphatic carbocycles. The highest BCUT2D eigenvalue weighted by atomic mass is 15.2. The number of para-hydroxylation sites is 5. The van der Waals surface area contributed by atoms with Crippen molar-refractivity contribution in [3.63, 3.8) is 0 Å². The van der Waals surface area contributed by atoms with Crippen LogP contribution in [0.25, 0.3) is 127 Å². The smallest absolute Gasteiger partial charge is 0.238 e. The molecule has 6 nitrogen and oxygen atoms in total. The molecule has 0 fully saturated rings. The normalized spacial score (nSPS) is 11.9. The lowest BCUT2D eigenvalue weighted by Crippen LogP contribution is -2.08. The molecule has 0 bridgehead atoms. The number of hydrogen-bond donors (Lipinski definition) is 0. The second-order valence-corrected chi connectivity index (χ2v) is 17.2. The molecule has 0 saturated carbocycles. The molecule has 10 aromatic carbocycles. The first-order chi connectivity index (χ1) is 33.3. The van der Waals surface area contributed by atoms with Crippen LogP contribution in [0.2, 0.25) is 0 Å². The van der Waals surface area contributed by atoms with Gasteiger partial charge in [-0.15, -0.1) is 0 Å². The molecule has 0 amide bonds. The summed E-state index contributed by atoms with van der Waals surface area (Å²) in [5, 5.41) is 9.23. The van der Waals surface area contributed by atoms with Crippen LogP contribution in [0.15, 0.2) is 231 Å². The molecule has 0 radical (unpaired) electrons. The summed E-state index contributed by atoms with van der Waals surface area (Å²) in [5.41, 5.74) is 12.8. The van der Waals surface area contributed by atoms with Crippen molar-refractivity contribution in [1.82, 2.24) is 28.7 Å². The third kappa shape index (κ3) is 5.66. The largest absolute Gasteiger partial charge is 0.309 e. The zero-order valence-electron chi connectivity index (χ0n) is 36.1. The highest BCUT2D eigenvalue weighted by molar-refractivity contribution is 6.25. The predicted octanol–water partition coefficient (Wildman–Crippen LogP) is 15.3. The highest BCUT2D eigenvalue weighted by Gasteiger charge is 2.27. The standard InChI is InChI=1S/C61H38N6/c1-3-18-39(19-4-1)40-34-36-42(37-35-40)60-62-59(41-20-5-2-6-21-41)63-61(64-60)67-57-49(28-17-33-54(57)65-50-29-13-9-24-45(50)46-25-10-14-30-51(46)65)56-55(38-43-22-7-8-23-44(43)58(56)67)66-52-31-15-11-26-47(52)48-27-12-16-32-53(48)66/h1-38H. The molecule has 14 aromatic rings. The summed E-state index contributed by atoms with van der Waals surface area (Å²) in [4.78, 5) is 16.3. The Kier molecular flexibility index (Phi) is 8.18. The summed E-state index contributed by atoms with van der Waals surface area (Å²) in [7, 11) is 0. The van der Waals surface area contributed by atoms with E-state index in [0.29, 0.717) is 17.6 Å². The van der Waals surface area contributed by atoms with Gasteiger partial charge in [0, 0.05) is 48.8 Å². The number of aromatic nitrogens is 6. The molecule has 4 heterocycles. The zero-order chi connectivity index (χ0) is 44.0. The molecular formula is C61H38N6. The van der Waals surface area contributed by atoms with Gasteiger partial charge in [-0.2, -0.15) is 9.97 Å². The van der Waals surface area contributed by atoms with E-state index in [1.807, 2.05) is 24.3 Å². The van der Waals surface area contributed by atoms with Crippen molar-refractivity contribution in [2.45, 2.75) is 0 Å². The Morgan fingerprint density at radius 1 is 0.269 bits per heavy atom. The predicted molar refractivity (Wildman–Crippen MR) is 277 cm³/mol. The van der Waals surface area contributed by atoms with Crippen LogP contribution in [0.3, 0.4) is 0 Å². The maximum Gasteiger partial charge on any atom is 0.238 e. The van der Waals surface area contributed by atoms with E-state index >= 15 is 0 Å². The molecule has 0 saturated heterocycles. The molecule has 14 rings (SSSR count). The Morgan fingerprint density at radius 2 is 0.687 bits per heavy atom. The van der Waals surface area contributed by atoms with Gasteiger partial charge in [0.05, 0.1) is 44.5 Å². The first-order valence-corrected chi connectivity index (χ1v) is 22.7. The Balaban J connectivity index is 1.17.